The summed E-state index contributed by atoms with van der Waals surface area (Å²) in [5, 5.41) is 25.5. The minimum atomic E-state index is -0.552. The molecule has 0 unspecified atom stereocenters. The van der Waals surface area contributed by atoms with Crippen molar-refractivity contribution < 1.29 is 14.7 Å². The van der Waals surface area contributed by atoms with E-state index < -0.39 is 6.10 Å². The maximum Gasteiger partial charge on any atom is 0.106 e. The molecule has 0 fully saturated rings. The molecule has 7 heteroatoms. The van der Waals surface area contributed by atoms with E-state index in [0.717, 1.165) is 16.7 Å². The second-order valence-electron chi connectivity index (χ2n) is 5.66. The first-order chi connectivity index (χ1) is 12.6. The maximum absolute atomic E-state index is 10.2. The van der Waals surface area contributed by atoms with Gasteiger partial charge in [-0.05, 0) is 37.7 Å². The number of aliphatic hydroxyl groups is 1. The molecule has 0 radical (unpaired) electrons. The average Bonchev–Trinajstić information content (AvgIpc) is 2.72. The van der Waals surface area contributed by atoms with Crippen molar-refractivity contribution in [3.05, 3.63) is 53.9 Å². The first-order valence-electron chi connectivity index (χ1n) is 8.31. The molecular formula is C19H27FN4O2. The molecule has 5 N–H and O–H groups in total. The number of likely N-dealkylation sites (N-methyl/N-ethyl adjacent to an activating group) is 1. The van der Waals surface area contributed by atoms with Crippen LogP contribution in [0.3, 0.4) is 0 Å². The molecule has 1 aromatic carbocycles. The summed E-state index contributed by atoms with van der Waals surface area (Å²) in [6.07, 6.45) is 1.65. The molecule has 0 amide bonds. The summed E-state index contributed by atoms with van der Waals surface area (Å²) in [5.74, 6) is 0. The third-order valence-electron chi connectivity index (χ3n) is 4.08. The van der Waals surface area contributed by atoms with Crippen molar-refractivity contribution >= 4 is 5.71 Å². The number of nitrogens with two attached hydrogens (primary N) is 1. The summed E-state index contributed by atoms with van der Waals surface area (Å²) in [6, 6.07) is 11.5. The predicted octanol–water partition coefficient (Wildman–Crippen LogP) is 2.50. The van der Waals surface area contributed by atoms with E-state index in [9.17, 15) is 9.50 Å². The first kappa shape index (κ1) is 21.7. The number of aliphatic hydroxyl groups excluding tert-OH is 1. The Kier molecular flexibility index (Phi) is 9.43. The quantitative estimate of drug-likeness (QED) is 0.344. The Balaban J connectivity index is 0.00000163. The van der Waals surface area contributed by atoms with Gasteiger partial charge in [-0.3, -0.25) is 9.37 Å². The Morgan fingerprint density at radius 2 is 1.81 bits per heavy atom. The highest BCUT2D eigenvalue weighted by atomic mass is 19.1. The fourth-order valence-electron chi connectivity index (χ4n) is 2.42. The van der Waals surface area contributed by atoms with Gasteiger partial charge < -0.3 is 21.4 Å². The number of hydrogen-bond donors (Lipinski definition) is 4. The van der Waals surface area contributed by atoms with Crippen LogP contribution in [0, 0.1) is 0 Å². The Hall–Kier alpha value is -2.35. The summed E-state index contributed by atoms with van der Waals surface area (Å²) < 4.78 is 9.50. The van der Waals surface area contributed by atoms with Gasteiger partial charge in [0.25, 0.3) is 0 Å². The lowest BCUT2D eigenvalue weighted by Gasteiger charge is -2.18. The van der Waals surface area contributed by atoms with Gasteiger partial charge in [0.05, 0.1) is 19.0 Å². The Morgan fingerprint density at radius 1 is 1.19 bits per heavy atom. The molecule has 0 saturated carbocycles. The molecule has 26 heavy (non-hydrogen) atoms. The van der Waals surface area contributed by atoms with E-state index in [1.807, 2.05) is 50.4 Å². The van der Waals surface area contributed by atoms with Crippen LogP contribution in [0.2, 0.25) is 0 Å². The lowest BCUT2D eigenvalue weighted by molar-refractivity contribution is 0.140. The number of benzene rings is 1. The number of pyridine rings is 1. The third kappa shape index (κ3) is 5.59. The van der Waals surface area contributed by atoms with Crippen molar-refractivity contribution in [1.82, 2.24) is 10.3 Å². The fourth-order valence-corrected chi connectivity index (χ4v) is 2.42. The van der Waals surface area contributed by atoms with Crippen molar-refractivity contribution in [3.8, 4) is 11.1 Å². The van der Waals surface area contributed by atoms with Crippen LogP contribution in [-0.4, -0.2) is 47.8 Å². The molecular weight excluding hydrogens is 335 g/mol. The van der Waals surface area contributed by atoms with Gasteiger partial charge in [0.15, 0.2) is 0 Å². The molecule has 2 rings (SSSR count). The van der Waals surface area contributed by atoms with Gasteiger partial charge in [-0.15, -0.1) is 0 Å². The molecule has 1 aromatic heterocycles. The predicted molar refractivity (Wildman–Crippen MR) is 102 cm³/mol. The smallest absolute Gasteiger partial charge is 0.106 e. The number of nitrogens with one attached hydrogen (secondary N) is 1. The summed E-state index contributed by atoms with van der Waals surface area (Å²) in [5.41, 5.74) is 9.39. The van der Waals surface area contributed by atoms with E-state index in [-0.39, 0.29) is 6.04 Å². The molecule has 0 aliphatic rings. The number of halogens is 1. The van der Waals surface area contributed by atoms with Gasteiger partial charge >= 0.3 is 0 Å². The van der Waals surface area contributed by atoms with Crippen molar-refractivity contribution in [2.45, 2.75) is 25.5 Å². The van der Waals surface area contributed by atoms with Crippen LogP contribution in [-0.2, 0) is 0 Å². The zero-order valence-corrected chi connectivity index (χ0v) is 15.4. The number of rotatable bonds is 7. The van der Waals surface area contributed by atoms with Crippen LogP contribution in [0.5, 0.6) is 0 Å². The van der Waals surface area contributed by atoms with Crippen LogP contribution in [0.4, 0.5) is 4.39 Å². The second-order valence-corrected chi connectivity index (χ2v) is 5.66. The van der Waals surface area contributed by atoms with E-state index in [1.54, 1.807) is 6.20 Å². The van der Waals surface area contributed by atoms with Crippen LogP contribution >= 0.6 is 0 Å². The zero-order valence-electron chi connectivity index (χ0n) is 15.4. The topological polar surface area (TPSA) is 104 Å². The van der Waals surface area contributed by atoms with E-state index in [1.165, 1.54) is 0 Å². The zero-order chi connectivity index (χ0) is 19.5. The highest BCUT2D eigenvalue weighted by molar-refractivity contribution is 5.98. The first-order valence-corrected chi connectivity index (χ1v) is 8.31. The molecule has 2 aromatic rings. The highest BCUT2D eigenvalue weighted by Crippen LogP contribution is 2.23. The number of aromatic nitrogens is 1. The SMILES string of the molecule is CF.CN[C@H](C)[C@H](O)c1ccc(-c2ccc(/C(CCN)=N\O)nc2)cc1. The Bertz CT molecular complexity index is 675. The average molecular weight is 362 g/mol. The van der Waals surface area contributed by atoms with Crippen LogP contribution in [0.25, 0.3) is 11.1 Å². The van der Waals surface area contributed by atoms with Crippen molar-refractivity contribution in [3.63, 3.8) is 0 Å². The molecule has 0 aliphatic heterocycles. The molecule has 142 valence electrons. The van der Waals surface area contributed by atoms with Crippen molar-refractivity contribution in [2.24, 2.45) is 10.9 Å². The van der Waals surface area contributed by atoms with Gasteiger partial charge in [-0.25, -0.2) is 0 Å². The lowest BCUT2D eigenvalue weighted by atomic mass is 9.99. The van der Waals surface area contributed by atoms with Gasteiger partial charge in [0.2, 0.25) is 0 Å². The highest BCUT2D eigenvalue weighted by Gasteiger charge is 2.14. The number of alkyl halides is 1. The minimum Gasteiger partial charge on any atom is -0.411 e. The second kappa shape index (κ2) is 11.3. The fraction of sp³-hybridized carbons (Fsp3) is 0.368. The molecule has 2 atom stereocenters. The molecule has 0 spiro atoms. The molecule has 0 bridgehead atoms. The largest absolute Gasteiger partial charge is 0.411 e. The molecule has 0 aliphatic carbocycles. The van der Waals surface area contributed by atoms with Gasteiger partial charge in [-0.2, -0.15) is 0 Å². The summed E-state index contributed by atoms with van der Waals surface area (Å²) in [7, 11) is 2.32. The molecule has 1 heterocycles. The Morgan fingerprint density at radius 3 is 2.27 bits per heavy atom. The van der Waals surface area contributed by atoms with Gasteiger partial charge in [-0.1, -0.05) is 35.5 Å². The Labute approximate surface area is 153 Å². The number of hydrogen-bond acceptors (Lipinski definition) is 6. The minimum absolute atomic E-state index is 0.0180. The summed E-state index contributed by atoms with van der Waals surface area (Å²) in [6.45, 7) is 2.33. The summed E-state index contributed by atoms with van der Waals surface area (Å²) in [4.78, 5) is 4.34. The van der Waals surface area contributed by atoms with Crippen molar-refractivity contribution in [2.75, 3.05) is 20.8 Å². The van der Waals surface area contributed by atoms with E-state index in [2.05, 4.69) is 15.5 Å². The molecule has 0 saturated heterocycles. The molecule has 6 nitrogen and oxygen atoms in total. The van der Waals surface area contributed by atoms with Crippen LogP contribution in [0.1, 0.15) is 30.7 Å². The lowest BCUT2D eigenvalue weighted by Crippen LogP contribution is -2.28. The summed E-state index contributed by atoms with van der Waals surface area (Å²) >= 11 is 0. The normalized spacial score (nSPS) is 13.5. The maximum atomic E-state index is 10.2. The van der Waals surface area contributed by atoms with E-state index >= 15 is 0 Å². The van der Waals surface area contributed by atoms with E-state index in [0.29, 0.717) is 31.5 Å². The van der Waals surface area contributed by atoms with Gasteiger partial charge in [0.1, 0.15) is 5.71 Å². The van der Waals surface area contributed by atoms with Crippen LogP contribution < -0.4 is 11.1 Å². The third-order valence-corrected chi connectivity index (χ3v) is 4.08. The van der Waals surface area contributed by atoms with Crippen molar-refractivity contribution in [1.29, 1.82) is 0 Å². The van der Waals surface area contributed by atoms with E-state index in [4.69, 9.17) is 10.9 Å². The standard InChI is InChI=1S/C18H24N4O2.CH3F/c1-12(20-2)18(23)14-5-3-13(4-6-14)15-7-8-16(21-11-15)17(22-24)9-10-19;1-2/h3-8,11-12,18,20,23-24H,9-10,19H2,1-2H3;1H3/b22-17-;/t12-,18+;/m1./s1. The number of oxime groups is 1. The van der Waals surface area contributed by atoms with Crippen LogP contribution in [0.15, 0.2) is 47.8 Å². The monoisotopic (exact) mass is 362 g/mol. The van der Waals surface area contributed by atoms with Gasteiger partial charge in [0, 0.05) is 24.2 Å². The number of nitrogens with zero attached hydrogens (tertiary/aromatic N) is 2.